The zero-order valence-electron chi connectivity index (χ0n) is 29.1. The summed E-state index contributed by atoms with van der Waals surface area (Å²) in [5.41, 5.74) is -0.523. The largest absolute Gasteiger partial charge is 0.469 e. The number of allylic oxidation sites excluding steroid dienone is 1. The molecule has 0 aromatic heterocycles. The lowest BCUT2D eigenvalue weighted by Gasteiger charge is -2.71. The van der Waals surface area contributed by atoms with Crippen LogP contribution in [-0.2, 0) is 23.9 Å². The first-order valence-corrected chi connectivity index (χ1v) is 16.9. The highest BCUT2D eigenvalue weighted by atomic mass is 16.5. The van der Waals surface area contributed by atoms with Gasteiger partial charge in [-0.15, -0.1) is 0 Å². The molecule has 4 fully saturated rings. The van der Waals surface area contributed by atoms with E-state index in [0.29, 0.717) is 18.3 Å². The van der Waals surface area contributed by atoms with Crippen LogP contribution in [0.4, 0.5) is 0 Å². The van der Waals surface area contributed by atoms with Crippen molar-refractivity contribution in [3.05, 3.63) is 12.2 Å². The van der Waals surface area contributed by atoms with E-state index in [0.717, 1.165) is 51.4 Å². The van der Waals surface area contributed by atoms with Crippen molar-refractivity contribution in [1.82, 2.24) is 5.32 Å². The van der Waals surface area contributed by atoms with Gasteiger partial charge in [0.15, 0.2) is 0 Å². The molecule has 0 aromatic rings. The van der Waals surface area contributed by atoms with Crippen LogP contribution in [0.2, 0.25) is 0 Å². The fraction of sp³-hybridized carbons (Fsp3) is 0.838. The number of rotatable bonds is 8. The number of nitrogens with one attached hydrogen (secondary N) is 1. The third kappa shape index (κ3) is 4.83. The van der Waals surface area contributed by atoms with Crippen molar-refractivity contribution in [2.24, 2.45) is 62.6 Å². The third-order valence-electron chi connectivity index (χ3n) is 14.2. The highest BCUT2D eigenvalue weighted by molar-refractivity contribution is 5.88. The monoisotopic (exact) mass is 610 g/mol. The molecule has 4 saturated carbocycles. The number of hydrogen-bond acceptors (Lipinski definition) is 6. The molecular formula is C37H58N2O5. The number of esters is 2. The average Bonchev–Trinajstić information content (AvgIpc) is 3.36. The highest BCUT2D eigenvalue weighted by Gasteiger charge is 2.71. The fourth-order valence-corrected chi connectivity index (χ4v) is 11.8. The topological polar surface area (TPSA) is 105 Å². The Morgan fingerprint density at radius 2 is 1.64 bits per heavy atom. The molecule has 0 unspecified atom stereocenters. The number of nitriles is 1. The predicted octanol–water partition coefficient (Wildman–Crippen LogP) is 7.25. The average molecular weight is 611 g/mol. The molecule has 7 nitrogen and oxygen atoms in total. The van der Waals surface area contributed by atoms with E-state index < -0.39 is 28.3 Å². The zero-order valence-corrected chi connectivity index (χ0v) is 29.1. The smallest absolute Gasteiger partial charge is 0.328 e. The van der Waals surface area contributed by atoms with E-state index >= 15 is 0 Å². The second kappa shape index (κ2) is 11.8. The van der Waals surface area contributed by atoms with Crippen LogP contribution in [0, 0.1) is 73.9 Å². The molecule has 0 spiro atoms. The predicted molar refractivity (Wildman–Crippen MR) is 171 cm³/mol. The lowest BCUT2D eigenvalue weighted by Crippen LogP contribution is -2.66. The Bertz CT molecular complexity index is 1220. The fourth-order valence-electron chi connectivity index (χ4n) is 11.8. The van der Waals surface area contributed by atoms with Gasteiger partial charge in [-0.05, 0) is 110 Å². The normalized spacial score (nSPS) is 40.5. The summed E-state index contributed by atoms with van der Waals surface area (Å²) >= 11 is 0. The van der Waals surface area contributed by atoms with E-state index in [1.165, 1.54) is 19.8 Å². The van der Waals surface area contributed by atoms with Crippen molar-refractivity contribution in [3.8, 4) is 6.07 Å². The molecule has 0 heterocycles. The quantitative estimate of drug-likeness (QED) is 0.229. The minimum atomic E-state index is -0.797. The summed E-state index contributed by atoms with van der Waals surface area (Å²) in [6, 6.07) is 1.83. The van der Waals surface area contributed by atoms with Gasteiger partial charge in [0, 0.05) is 11.8 Å². The van der Waals surface area contributed by atoms with Gasteiger partial charge in [0.05, 0.1) is 25.7 Å². The molecule has 10 atom stereocenters. The summed E-state index contributed by atoms with van der Waals surface area (Å²) < 4.78 is 10.5. The van der Waals surface area contributed by atoms with E-state index in [4.69, 9.17) is 9.47 Å². The second-order valence-corrected chi connectivity index (χ2v) is 16.6. The van der Waals surface area contributed by atoms with Gasteiger partial charge in [0.25, 0.3) is 0 Å². The Kier molecular flexibility index (Phi) is 9.24. The van der Waals surface area contributed by atoms with Crippen LogP contribution in [0.3, 0.4) is 0 Å². The molecule has 44 heavy (non-hydrogen) atoms. The molecule has 0 saturated heterocycles. The number of carbonyl (C=O) groups is 3. The van der Waals surface area contributed by atoms with Crippen molar-refractivity contribution in [2.45, 2.75) is 119 Å². The number of nitrogens with zero attached hydrogens (tertiary/aromatic N) is 1. The first-order chi connectivity index (χ1) is 20.4. The number of carbonyl (C=O) groups excluding carboxylic acids is 3. The van der Waals surface area contributed by atoms with Crippen LogP contribution < -0.4 is 5.32 Å². The van der Waals surface area contributed by atoms with Crippen LogP contribution >= 0.6 is 0 Å². The lowest BCUT2D eigenvalue weighted by molar-refractivity contribution is -0.229. The molecule has 4 aliphatic rings. The van der Waals surface area contributed by atoms with Crippen molar-refractivity contribution in [2.75, 3.05) is 14.2 Å². The minimum absolute atomic E-state index is 0.0160. The standard InChI is InChI=1S/C37H58N2O5/c1-22(2)24-14-17-37(32(42)44-11)19-18-35(8)25(28(24)37)12-13-27-34(7,20-21-38)26(15-16-36(27,35)9)33(5,6)31(41)39-29(23(3)4)30(40)43-10/h23-29H,1,12-20H2,2-11H3,(H,39,41)/t24-,25+,26-,27+,28+,29-,34-,35+,36+,37-/m0/s1. The molecule has 4 aliphatic carbocycles. The Balaban J connectivity index is 1.73. The second-order valence-electron chi connectivity index (χ2n) is 16.6. The first-order valence-electron chi connectivity index (χ1n) is 16.9. The number of hydrogen-bond donors (Lipinski definition) is 1. The maximum atomic E-state index is 14.0. The van der Waals surface area contributed by atoms with E-state index in [1.807, 2.05) is 27.7 Å². The van der Waals surface area contributed by atoms with Gasteiger partial charge in [-0.1, -0.05) is 60.6 Å². The summed E-state index contributed by atoms with van der Waals surface area (Å²) in [7, 11) is 2.89. The summed E-state index contributed by atoms with van der Waals surface area (Å²) in [5.74, 6) is 0.361. The van der Waals surface area contributed by atoms with Crippen molar-refractivity contribution in [1.29, 1.82) is 5.26 Å². The van der Waals surface area contributed by atoms with Crippen molar-refractivity contribution >= 4 is 17.8 Å². The summed E-state index contributed by atoms with van der Waals surface area (Å²) in [4.78, 5) is 40.1. The number of fused-ring (bicyclic) bond motifs is 5. The van der Waals surface area contributed by atoms with Crippen LogP contribution in [0.15, 0.2) is 12.2 Å². The van der Waals surface area contributed by atoms with Gasteiger partial charge in [0.1, 0.15) is 6.04 Å². The van der Waals surface area contributed by atoms with Crippen LogP contribution in [0.5, 0.6) is 0 Å². The molecule has 0 aromatic carbocycles. The van der Waals surface area contributed by atoms with Gasteiger partial charge in [-0.25, -0.2) is 4.79 Å². The molecule has 4 rings (SSSR count). The summed E-state index contributed by atoms with van der Waals surface area (Å²) in [6.07, 6.45) is 7.80. The molecule has 1 amide bonds. The third-order valence-corrected chi connectivity index (χ3v) is 14.2. The molecular weight excluding hydrogens is 552 g/mol. The SMILES string of the molecule is C=C(C)[C@@H]1CC[C@]2(C(=O)OC)CC[C@]3(C)[C@H](CC[C@@H]4[C@@](C)(CC#N)[C@H](C(C)(C)C(=O)N[C@H](C(=O)OC)C(C)C)CC[C@]43C)[C@@H]12. The van der Waals surface area contributed by atoms with E-state index in [-0.39, 0.29) is 46.4 Å². The Hall–Kier alpha value is -2.36. The van der Waals surface area contributed by atoms with E-state index in [9.17, 15) is 19.6 Å². The Morgan fingerprint density at radius 3 is 2.18 bits per heavy atom. The van der Waals surface area contributed by atoms with Crippen LogP contribution in [0.1, 0.15) is 113 Å². The molecule has 0 aliphatic heterocycles. The lowest BCUT2D eigenvalue weighted by atomic mass is 9.33. The van der Waals surface area contributed by atoms with Gasteiger partial charge >= 0.3 is 11.9 Å². The Labute approximate surface area is 266 Å². The van der Waals surface area contributed by atoms with E-state index in [1.54, 1.807) is 0 Å². The number of amides is 1. The molecule has 7 heteroatoms. The molecule has 1 N–H and O–H groups in total. The summed E-state index contributed by atoms with van der Waals surface area (Å²) in [5, 5.41) is 13.3. The van der Waals surface area contributed by atoms with Gasteiger partial charge in [-0.2, -0.15) is 5.26 Å². The molecule has 246 valence electrons. The summed E-state index contributed by atoms with van der Waals surface area (Å²) in [6.45, 7) is 21.5. The van der Waals surface area contributed by atoms with Crippen LogP contribution in [-0.4, -0.2) is 38.1 Å². The van der Waals surface area contributed by atoms with Gasteiger partial charge in [0.2, 0.25) is 5.91 Å². The highest BCUT2D eigenvalue weighted by Crippen LogP contribution is 2.76. The van der Waals surface area contributed by atoms with E-state index in [2.05, 4.69) is 45.7 Å². The number of methoxy groups -OCH3 is 2. The molecule has 0 bridgehead atoms. The first kappa shape index (κ1) is 34.5. The molecule has 0 radical (unpaired) electrons. The van der Waals surface area contributed by atoms with Gasteiger partial charge < -0.3 is 14.8 Å². The zero-order chi connectivity index (χ0) is 33.0. The maximum absolute atomic E-state index is 14.0. The minimum Gasteiger partial charge on any atom is -0.469 e. The van der Waals surface area contributed by atoms with Crippen molar-refractivity contribution in [3.63, 3.8) is 0 Å². The number of ether oxygens (including phenoxy) is 2. The van der Waals surface area contributed by atoms with Gasteiger partial charge in [-0.3, -0.25) is 9.59 Å². The van der Waals surface area contributed by atoms with Crippen LogP contribution in [0.25, 0.3) is 0 Å². The Morgan fingerprint density at radius 1 is 0.977 bits per heavy atom. The maximum Gasteiger partial charge on any atom is 0.328 e. The van der Waals surface area contributed by atoms with Crippen molar-refractivity contribution < 1.29 is 23.9 Å².